The summed E-state index contributed by atoms with van der Waals surface area (Å²) in [6.07, 6.45) is 3.47. The topological polar surface area (TPSA) is 87.2 Å². The van der Waals surface area contributed by atoms with Gasteiger partial charge in [0.05, 0.1) is 18.1 Å². The van der Waals surface area contributed by atoms with Crippen molar-refractivity contribution in [3.63, 3.8) is 0 Å². The van der Waals surface area contributed by atoms with Gasteiger partial charge < -0.3 is 14.5 Å². The highest BCUT2D eigenvalue weighted by Crippen LogP contribution is 2.24. The first kappa shape index (κ1) is 21.3. The van der Waals surface area contributed by atoms with E-state index in [1.165, 1.54) is 16.4 Å². The summed E-state index contributed by atoms with van der Waals surface area (Å²) in [5.74, 6) is 0.0273. The molecule has 3 saturated heterocycles. The van der Waals surface area contributed by atoms with Crippen LogP contribution >= 0.6 is 0 Å². The number of benzene rings is 1. The van der Waals surface area contributed by atoms with Gasteiger partial charge in [-0.25, -0.2) is 8.42 Å². The van der Waals surface area contributed by atoms with Gasteiger partial charge in [0, 0.05) is 50.7 Å². The van der Waals surface area contributed by atoms with Crippen molar-refractivity contribution in [2.45, 2.75) is 30.6 Å². The van der Waals surface area contributed by atoms with Crippen molar-refractivity contribution in [3.8, 4) is 0 Å². The van der Waals surface area contributed by atoms with Gasteiger partial charge in [0.15, 0.2) is 0 Å². The predicted octanol–water partition coefficient (Wildman–Crippen LogP) is 1.18. The lowest BCUT2D eigenvalue weighted by Gasteiger charge is -2.33. The molecule has 0 atom stereocenters. The number of likely N-dealkylation sites (tertiary alicyclic amines) is 2. The van der Waals surface area contributed by atoms with Crippen LogP contribution in [0.15, 0.2) is 29.2 Å². The number of morpholine rings is 1. The van der Waals surface area contributed by atoms with Crippen LogP contribution in [0.25, 0.3) is 0 Å². The van der Waals surface area contributed by atoms with E-state index in [1.54, 1.807) is 17.0 Å². The van der Waals surface area contributed by atoms with Gasteiger partial charge in [-0.3, -0.25) is 9.59 Å². The first-order chi connectivity index (χ1) is 14.5. The molecule has 4 rings (SSSR count). The van der Waals surface area contributed by atoms with Gasteiger partial charge in [0.2, 0.25) is 15.9 Å². The molecule has 0 aliphatic carbocycles. The summed E-state index contributed by atoms with van der Waals surface area (Å²) in [4.78, 5) is 29.4. The molecule has 1 aromatic rings. The Balaban J connectivity index is 1.40. The summed E-state index contributed by atoms with van der Waals surface area (Å²) in [5, 5.41) is 0. The van der Waals surface area contributed by atoms with Crippen LogP contribution in [0.5, 0.6) is 0 Å². The molecule has 0 aromatic heterocycles. The first-order valence-electron chi connectivity index (χ1n) is 10.7. The molecule has 3 heterocycles. The lowest BCUT2D eigenvalue weighted by Crippen LogP contribution is -2.44. The summed E-state index contributed by atoms with van der Waals surface area (Å²) in [7, 11) is -3.65. The molecule has 0 radical (unpaired) electrons. The van der Waals surface area contributed by atoms with Crippen molar-refractivity contribution >= 4 is 21.8 Å². The van der Waals surface area contributed by atoms with E-state index in [1.807, 2.05) is 4.90 Å². The van der Waals surface area contributed by atoms with E-state index < -0.39 is 10.0 Å². The molecule has 0 saturated carbocycles. The minimum Gasteiger partial charge on any atom is -0.379 e. The van der Waals surface area contributed by atoms with Gasteiger partial charge in [-0.05, 0) is 43.9 Å². The molecular weight excluding hydrogens is 406 g/mol. The molecule has 3 fully saturated rings. The van der Waals surface area contributed by atoms with Crippen LogP contribution < -0.4 is 0 Å². The molecule has 3 aliphatic rings. The SMILES string of the molecule is O=C(c1cccc(S(=O)(=O)N2CCOCC2)c1)N1CCC(C(=O)N2CCCC2)CC1. The number of rotatable bonds is 4. The van der Waals surface area contributed by atoms with E-state index in [2.05, 4.69) is 0 Å². The molecule has 0 unspecified atom stereocenters. The van der Waals surface area contributed by atoms with E-state index in [0.29, 0.717) is 57.8 Å². The van der Waals surface area contributed by atoms with Crippen molar-refractivity contribution < 1.29 is 22.7 Å². The Hall–Kier alpha value is -1.97. The van der Waals surface area contributed by atoms with Gasteiger partial charge in [-0.15, -0.1) is 0 Å². The van der Waals surface area contributed by atoms with Crippen LogP contribution in [0.3, 0.4) is 0 Å². The van der Waals surface area contributed by atoms with Gasteiger partial charge in [-0.2, -0.15) is 4.31 Å². The summed E-state index contributed by atoms with van der Waals surface area (Å²) in [5.41, 5.74) is 0.369. The number of hydrogen-bond donors (Lipinski definition) is 0. The van der Waals surface area contributed by atoms with Crippen LogP contribution in [0, 0.1) is 5.92 Å². The van der Waals surface area contributed by atoms with Crippen molar-refractivity contribution in [3.05, 3.63) is 29.8 Å². The normalized spacial score (nSPS) is 21.7. The molecule has 30 heavy (non-hydrogen) atoms. The zero-order valence-corrected chi connectivity index (χ0v) is 18.0. The molecule has 0 N–H and O–H groups in total. The first-order valence-corrected chi connectivity index (χ1v) is 12.2. The largest absolute Gasteiger partial charge is 0.379 e. The summed E-state index contributed by atoms with van der Waals surface area (Å²) in [6, 6.07) is 6.27. The zero-order chi connectivity index (χ0) is 21.1. The van der Waals surface area contributed by atoms with E-state index in [0.717, 1.165) is 25.9 Å². The Morgan fingerprint density at radius 2 is 1.57 bits per heavy atom. The number of carbonyl (C=O) groups excluding carboxylic acids is 2. The smallest absolute Gasteiger partial charge is 0.253 e. The second-order valence-electron chi connectivity index (χ2n) is 8.14. The molecule has 0 bridgehead atoms. The minimum atomic E-state index is -3.65. The highest BCUT2D eigenvalue weighted by atomic mass is 32.2. The molecule has 2 amide bonds. The number of piperidine rings is 1. The van der Waals surface area contributed by atoms with Gasteiger partial charge in [0.25, 0.3) is 5.91 Å². The number of amides is 2. The lowest BCUT2D eigenvalue weighted by molar-refractivity contribution is -0.135. The third-order valence-electron chi connectivity index (χ3n) is 6.24. The Morgan fingerprint density at radius 1 is 0.900 bits per heavy atom. The fraction of sp³-hybridized carbons (Fsp3) is 0.619. The molecule has 0 spiro atoms. The molecule has 3 aliphatic heterocycles. The number of carbonyl (C=O) groups is 2. The Morgan fingerprint density at radius 3 is 2.23 bits per heavy atom. The quantitative estimate of drug-likeness (QED) is 0.709. The van der Waals surface area contributed by atoms with Crippen LogP contribution in [0.4, 0.5) is 0 Å². The Kier molecular flexibility index (Phi) is 6.40. The highest BCUT2D eigenvalue weighted by Gasteiger charge is 2.32. The summed E-state index contributed by atoms with van der Waals surface area (Å²) >= 11 is 0. The van der Waals surface area contributed by atoms with Crippen molar-refractivity contribution in [1.29, 1.82) is 0 Å². The molecule has 1 aromatic carbocycles. The number of hydrogen-bond acceptors (Lipinski definition) is 5. The second-order valence-corrected chi connectivity index (χ2v) is 10.1. The minimum absolute atomic E-state index is 0.0137. The predicted molar refractivity (Wildman–Crippen MR) is 110 cm³/mol. The lowest BCUT2D eigenvalue weighted by atomic mass is 9.95. The second kappa shape index (κ2) is 9.03. The fourth-order valence-corrected chi connectivity index (χ4v) is 5.89. The zero-order valence-electron chi connectivity index (χ0n) is 17.2. The van der Waals surface area contributed by atoms with Gasteiger partial charge in [0.1, 0.15) is 0 Å². The monoisotopic (exact) mass is 435 g/mol. The molecule has 9 heteroatoms. The fourth-order valence-electron chi connectivity index (χ4n) is 4.43. The Labute approximate surface area is 177 Å². The summed E-state index contributed by atoms with van der Waals surface area (Å²) < 4.78 is 32.4. The number of nitrogens with zero attached hydrogens (tertiary/aromatic N) is 3. The van der Waals surface area contributed by atoms with Crippen LogP contribution in [0.2, 0.25) is 0 Å². The number of ether oxygens (including phenoxy) is 1. The third-order valence-corrected chi connectivity index (χ3v) is 8.13. The number of sulfonamides is 1. The third kappa shape index (κ3) is 4.38. The standard InChI is InChI=1S/C21H29N3O5S/c25-20(22-8-1-2-9-22)17-6-10-23(11-7-17)21(26)18-4-3-5-19(16-18)30(27,28)24-12-14-29-15-13-24/h3-5,16-17H,1-2,6-15H2. The Bertz CT molecular complexity index is 884. The van der Waals surface area contributed by atoms with Crippen LogP contribution in [-0.2, 0) is 19.6 Å². The van der Waals surface area contributed by atoms with Crippen molar-refractivity contribution in [2.75, 3.05) is 52.5 Å². The highest BCUT2D eigenvalue weighted by molar-refractivity contribution is 7.89. The van der Waals surface area contributed by atoms with E-state index in [9.17, 15) is 18.0 Å². The van der Waals surface area contributed by atoms with E-state index in [-0.39, 0.29) is 22.6 Å². The van der Waals surface area contributed by atoms with Crippen LogP contribution in [0.1, 0.15) is 36.0 Å². The summed E-state index contributed by atoms with van der Waals surface area (Å²) in [6.45, 7) is 4.13. The maximum absolute atomic E-state index is 13.0. The average molecular weight is 436 g/mol. The van der Waals surface area contributed by atoms with Gasteiger partial charge >= 0.3 is 0 Å². The van der Waals surface area contributed by atoms with Crippen molar-refractivity contribution in [2.24, 2.45) is 5.92 Å². The van der Waals surface area contributed by atoms with Gasteiger partial charge in [-0.1, -0.05) is 6.07 Å². The molecular formula is C21H29N3O5S. The average Bonchev–Trinajstić information content (AvgIpc) is 3.34. The maximum atomic E-state index is 13.0. The van der Waals surface area contributed by atoms with Crippen molar-refractivity contribution in [1.82, 2.24) is 14.1 Å². The van der Waals surface area contributed by atoms with E-state index in [4.69, 9.17) is 4.74 Å². The van der Waals surface area contributed by atoms with Crippen LogP contribution in [-0.4, -0.2) is 86.8 Å². The van der Waals surface area contributed by atoms with E-state index >= 15 is 0 Å². The maximum Gasteiger partial charge on any atom is 0.253 e. The molecule has 8 nitrogen and oxygen atoms in total. The molecule has 164 valence electrons.